The van der Waals surface area contributed by atoms with E-state index in [2.05, 4.69) is 15.3 Å². The van der Waals surface area contributed by atoms with Gasteiger partial charge >= 0.3 is 0 Å². The molecular weight excluding hydrogens is 328 g/mol. The Bertz CT molecular complexity index is 1040. The van der Waals surface area contributed by atoms with Crippen molar-refractivity contribution in [1.29, 1.82) is 0 Å². The number of nitrogens with one attached hydrogen (secondary N) is 1. The summed E-state index contributed by atoms with van der Waals surface area (Å²) in [7, 11) is 3.90. The maximum Gasteiger partial charge on any atom is 0.251 e. The van der Waals surface area contributed by atoms with E-state index in [1.54, 1.807) is 24.3 Å². The molecule has 0 fully saturated rings. The van der Waals surface area contributed by atoms with E-state index in [9.17, 15) is 9.59 Å². The van der Waals surface area contributed by atoms with Crippen LogP contribution >= 0.6 is 0 Å². The molecule has 1 heterocycles. The van der Waals surface area contributed by atoms with Crippen LogP contribution in [0.3, 0.4) is 0 Å². The third-order valence-corrected chi connectivity index (χ3v) is 4.41. The number of hydrogen-bond acceptors (Lipinski definition) is 5. The minimum atomic E-state index is -0.161. The first-order chi connectivity index (χ1) is 12.5. The SMILES string of the molecule is CN(C)CCNC(=O)c1ccc2nc3c(nc2c1)C(=O)c1ccccc1-3. The van der Waals surface area contributed by atoms with Crippen molar-refractivity contribution in [3.8, 4) is 11.3 Å². The standard InChI is InChI=1S/C20H18N4O2/c1-24(2)10-9-21-20(26)12-7-8-15-16(11-12)23-18-17(22-15)13-5-3-4-6-14(13)19(18)25/h3-8,11H,9-10H2,1-2H3,(H,21,26). The van der Waals surface area contributed by atoms with Crippen molar-refractivity contribution in [1.82, 2.24) is 20.2 Å². The average molecular weight is 346 g/mol. The molecule has 2 aromatic carbocycles. The van der Waals surface area contributed by atoms with Crippen LogP contribution in [0.15, 0.2) is 42.5 Å². The second kappa shape index (κ2) is 6.31. The number of likely N-dealkylation sites (N-methyl/N-ethyl adjacent to an activating group) is 1. The van der Waals surface area contributed by atoms with Crippen molar-refractivity contribution >= 4 is 22.7 Å². The van der Waals surface area contributed by atoms with Gasteiger partial charge in [-0.25, -0.2) is 9.97 Å². The number of rotatable bonds is 4. The van der Waals surface area contributed by atoms with Gasteiger partial charge in [0.2, 0.25) is 5.78 Å². The molecule has 1 N–H and O–H groups in total. The fourth-order valence-corrected chi connectivity index (χ4v) is 3.05. The molecule has 0 spiro atoms. The Morgan fingerprint density at radius 3 is 2.50 bits per heavy atom. The van der Waals surface area contributed by atoms with Gasteiger partial charge in [0, 0.05) is 29.8 Å². The normalized spacial score (nSPS) is 12.3. The Morgan fingerprint density at radius 2 is 1.73 bits per heavy atom. The highest BCUT2D eigenvalue weighted by atomic mass is 16.1. The molecule has 1 aromatic heterocycles. The summed E-state index contributed by atoms with van der Waals surface area (Å²) >= 11 is 0. The number of carbonyl (C=O) groups is 2. The van der Waals surface area contributed by atoms with E-state index in [1.807, 2.05) is 37.2 Å². The Kier molecular flexibility index (Phi) is 3.97. The highest BCUT2D eigenvalue weighted by Crippen LogP contribution is 2.34. The molecule has 0 aliphatic heterocycles. The lowest BCUT2D eigenvalue weighted by Gasteiger charge is -2.10. The van der Waals surface area contributed by atoms with E-state index in [-0.39, 0.29) is 11.7 Å². The summed E-state index contributed by atoms with van der Waals surface area (Å²) in [6.45, 7) is 1.33. The molecule has 4 rings (SSSR count). The van der Waals surface area contributed by atoms with Gasteiger partial charge in [0.05, 0.1) is 11.0 Å². The summed E-state index contributed by atoms with van der Waals surface area (Å²) in [4.78, 5) is 36.0. The molecule has 0 atom stereocenters. The van der Waals surface area contributed by atoms with Gasteiger partial charge in [-0.2, -0.15) is 0 Å². The molecular formula is C20H18N4O2. The summed E-state index contributed by atoms with van der Waals surface area (Å²) in [5, 5.41) is 2.87. The van der Waals surface area contributed by atoms with Gasteiger partial charge in [-0.1, -0.05) is 24.3 Å². The number of benzene rings is 2. The molecule has 1 aliphatic rings. The van der Waals surface area contributed by atoms with Crippen LogP contribution in [0.2, 0.25) is 0 Å². The number of hydrogen-bond donors (Lipinski definition) is 1. The summed E-state index contributed by atoms with van der Waals surface area (Å²) in [5.41, 5.74) is 4.12. The maximum atomic E-state index is 12.6. The van der Waals surface area contributed by atoms with Gasteiger partial charge in [0.1, 0.15) is 11.4 Å². The van der Waals surface area contributed by atoms with E-state index in [4.69, 9.17) is 0 Å². The van der Waals surface area contributed by atoms with Crippen LogP contribution in [0.5, 0.6) is 0 Å². The molecule has 6 nitrogen and oxygen atoms in total. The molecule has 1 amide bonds. The zero-order chi connectivity index (χ0) is 18.3. The first-order valence-corrected chi connectivity index (χ1v) is 8.43. The van der Waals surface area contributed by atoms with Crippen molar-refractivity contribution < 1.29 is 9.59 Å². The van der Waals surface area contributed by atoms with Crippen LogP contribution in [0, 0.1) is 0 Å². The van der Waals surface area contributed by atoms with Gasteiger partial charge in [0.15, 0.2) is 0 Å². The molecule has 0 saturated carbocycles. The molecule has 0 radical (unpaired) electrons. The average Bonchev–Trinajstić information content (AvgIpc) is 2.91. The maximum absolute atomic E-state index is 12.6. The molecule has 0 bridgehead atoms. The van der Waals surface area contributed by atoms with Gasteiger partial charge in [-0.3, -0.25) is 9.59 Å². The molecule has 3 aromatic rings. The fourth-order valence-electron chi connectivity index (χ4n) is 3.05. The number of aromatic nitrogens is 2. The monoisotopic (exact) mass is 346 g/mol. The van der Waals surface area contributed by atoms with E-state index in [1.165, 1.54) is 0 Å². The van der Waals surface area contributed by atoms with Crippen molar-refractivity contribution in [2.75, 3.05) is 27.2 Å². The lowest BCUT2D eigenvalue weighted by atomic mass is 10.1. The Labute approximate surface area is 150 Å². The summed E-state index contributed by atoms with van der Waals surface area (Å²) in [6.07, 6.45) is 0. The Balaban J connectivity index is 1.69. The van der Waals surface area contributed by atoms with Crippen molar-refractivity contribution in [3.05, 3.63) is 59.3 Å². The van der Waals surface area contributed by atoms with Gasteiger partial charge < -0.3 is 10.2 Å². The summed E-state index contributed by atoms with van der Waals surface area (Å²) < 4.78 is 0. The topological polar surface area (TPSA) is 75.2 Å². The number of carbonyl (C=O) groups excluding carboxylic acids is 2. The first kappa shape index (κ1) is 16.4. The van der Waals surface area contributed by atoms with Crippen LogP contribution in [-0.2, 0) is 0 Å². The lowest BCUT2D eigenvalue weighted by Crippen LogP contribution is -2.31. The molecule has 6 heteroatoms. The highest BCUT2D eigenvalue weighted by molar-refractivity contribution is 6.20. The fraction of sp³-hybridized carbons (Fsp3) is 0.200. The van der Waals surface area contributed by atoms with Crippen LogP contribution < -0.4 is 5.32 Å². The molecule has 130 valence electrons. The van der Waals surface area contributed by atoms with E-state index >= 15 is 0 Å². The van der Waals surface area contributed by atoms with Crippen LogP contribution in [-0.4, -0.2) is 53.7 Å². The molecule has 1 aliphatic carbocycles. The first-order valence-electron chi connectivity index (χ1n) is 8.43. The van der Waals surface area contributed by atoms with Crippen molar-refractivity contribution in [3.63, 3.8) is 0 Å². The van der Waals surface area contributed by atoms with E-state index < -0.39 is 0 Å². The second-order valence-corrected chi connectivity index (χ2v) is 6.56. The second-order valence-electron chi connectivity index (χ2n) is 6.56. The number of amides is 1. The zero-order valence-corrected chi connectivity index (χ0v) is 14.6. The minimum absolute atomic E-state index is 0.120. The predicted molar refractivity (Wildman–Crippen MR) is 99.3 cm³/mol. The van der Waals surface area contributed by atoms with Crippen LogP contribution in [0.25, 0.3) is 22.3 Å². The Morgan fingerprint density at radius 1 is 1.00 bits per heavy atom. The summed E-state index contributed by atoms with van der Waals surface area (Å²) in [6, 6.07) is 12.6. The predicted octanol–water partition coefficient (Wildman–Crippen LogP) is 2.13. The lowest BCUT2D eigenvalue weighted by molar-refractivity contribution is 0.0950. The van der Waals surface area contributed by atoms with E-state index in [0.717, 1.165) is 12.1 Å². The van der Waals surface area contributed by atoms with E-state index in [0.29, 0.717) is 40.1 Å². The third-order valence-electron chi connectivity index (χ3n) is 4.41. The van der Waals surface area contributed by atoms with Gasteiger partial charge in [-0.15, -0.1) is 0 Å². The Hall–Kier alpha value is -3.12. The number of ketones is 1. The van der Waals surface area contributed by atoms with Crippen LogP contribution in [0.4, 0.5) is 0 Å². The minimum Gasteiger partial charge on any atom is -0.351 e. The van der Waals surface area contributed by atoms with Gasteiger partial charge in [0.25, 0.3) is 5.91 Å². The number of nitrogens with zero attached hydrogens (tertiary/aromatic N) is 3. The highest BCUT2D eigenvalue weighted by Gasteiger charge is 2.29. The molecule has 26 heavy (non-hydrogen) atoms. The number of fused-ring (bicyclic) bond motifs is 4. The quantitative estimate of drug-likeness (QED) is 0.613. The smallest absolute Gasteiger partial charge is 0.251 e. The van der Waals surface area contributed by atoms with Gasteiger partial charge in [-0.05, 0) is 32.3 Å². The van der Waals surface area contributed by atoms with Crippen molar-refractivity contribution in [2.24, 2.45) is 0 Å². The summed E-state index contributed by atoms with van der Waals surface area (Å²) in [5.74, 6) is -0.281. The third kappa shape index (κ3) is 2.74. The van der Waals surface area contributed by atoms with Crippen LogP contribution in [0.1, 0.15) is 26.4 Å². The molecule has 0 unspecified atom stereocenters. The van der Waals surface area contributed by atoms with Crippen molar-refractivity contribution in [2.45, 2.75) is 0 Å². The zero-order valence-electron chi connectivity index (χ0n) is 14.6. The largest absolute Gasteiger partial charge is 0.351 e. The molecule has 0 saturated heterocycles.